The Morgan fingerprint density at radius 3 is 2.37 bits per heavy atom. The third-order valence-electron chi connectivity index (χ3n) is 8.74. The number of carbonyl (C=O) groups excluding carboxylic acids is 1. The van der Waals surface area contributed by atoms with Crippen LogP contribution < -0.4 is 19.5 Å². The van der Waals surface area contributed by atoms with Crippen LogP contribution >= 0.6 is 11.6 Å². The number of aryl methyl sites for hydroxylation is 4. The highest BCUT2D eigenvalue weighted by Crippen LogP contribution is 2.37. The molecule has 3 aromatic carbocycles. The van der Waals surface area contributed by atoms with Gasteiger partial charge in [0.05, 0.1) is 17.8 Å². The molecule has 0 aliphatic heterocycles. The predicted molar refractivity (Wildman–Crippen MR) is 185 cm³/mol. The number of nitrogens with one attached hydrogen (secondary N) is 2. The molecular formula is C37H36ClF3N4O6. The minimum absolute atomic E-state index is 0.0261. The summed E-state index contributed by atoms with van der Waals surface area (Å²) >= 11 is 6.29. The lowest BCUT2D eigenvalue weighted by Crippen LogP contribution is -2.26. The number of aromatic nitrogens is 3. The van der Waals surface area contributed by atoms with Crippen LogP contribution in [0.4, 0.5) is 13.2 Å². The Balaban J connectivity index is 1.32. The van der Waals surface area contributed by atoms with Crippen molar-refractivity contribution in [3.8, 4) is 28.4 Å². The number of nitrogens with zero attached hydrogens (tertiary/aromatic N) is 2. The summed E-state index contributed by atoms with van der Waals surface area (Å²) < 4.78 is 55.4. The summed E-state index contributed by atoms with van der Waals surface area (Å²) in [6, 6.07) is 14.1. The first kappa shape index (κ1) is 35.6. The number of rotatable bonds is 14. The van der Waals surface area contributed by atoms with Crippen LogP contribution in [0, 0.1) is 19.8 Å². The fourth-order valence-corrected chi connectivity index (χ4v) is 6.16. The number of carboxylic acid groups (broad SMARTS) is 1. The standard InChI is InChI=1S/C37H36ClF3N4O6/c1-20-16-25(17-21(2)31(20)38)49-15-5-8-27-26-6-4-7-28(32(26)43-33(27)36(47)48)30-29(45(3)44-34(30)35(46)42-18-22-9-10-22)19-50-23-11-13-24(14-12-23)51-37(39,40)41/h4,6-7,11-14,16-17,22,43H,5,8-10,15,18-19H2,1-3H3,(H,42,46)(H,47,48). The van der Waals surface area contributed by atoms with Crippen molar-refractivity contribution in [3.63, 3.8) is 0 Å². The zero-order chi connectivity index (χ0) is 36.4. The second-order valence-electron chi connectivity index (χ2n) is 12.6. The van der Waals surface area contributed by atoms with E-state index in [0.29, 0.717) is 76.0 Å². The minimum atomic E-state index is -4.83. The first-order valence-electron chi connectivity index (χ1n) is 16.4. The molecule has 3 N–H and O–H groups in total. The van der Waals surface area contributed by atoms with Crippen molar-refractivity contribution < 1.29 is 42.1 Å². The molecule has 6 rings (SSSR count). The molecule has 2 heterocycles. The van der Waals surface area contributed by atoms with Gasteiger partial charge in [-0.1, -0.05) is 29.8 Å². The average molecular weight is 725 g/mol. The lowest BCUT2D eigenvalue weighted by Gasteiger charge is -2.12. The number of H-pyrrole nitrogens is 1. The second-order valence-corrected chi connectivity index (χ2v) is 13.0. The van der Waals surface area contributed by atoms with Crippen LogP contribution in [-0.2, 0) is 20.1 Å². The zero-order valence-corrected chi connectivity index (χ0v) is 28.9. The first-order valence-corrected chi connectivity index (χ1v) is 16.8. The Morgan fingerprint density at radius 2 is 1.73 bits per heavy atom. The molecule has 0 bridgehead atoms. The molecule has 0 unspecified atom stereocenters. The van der Waals surface area contributed by atoms with Crippen molar-refractivity contribution in [2.24, 2.45) is 13.0 Å². The molecule has 0 radical (unpaired) electrons. The SMILES string of the molecule is Cc1cc(OCCCc2c(C(=O)O)[nH]c3c(-c4c(C(=O)NCC5CC5)nn(C)c4COc4ccc(OC(F)(F)F)cc4)cccc23)cc(C)c1Cl. The number of hydrogen-bond donors (Lipinski definition) is 3. The van der Waals surface area contributed by atoms with Gasteiger partial charge in [-0.05, 0) is 98.5 Å². The molecular weight excluding hydrogens is 689 g/mol. The Kier molecular flexibility index (Phi) is 10.2. The molecule has 268 valence electrons. The summed E-state index contributed by atoms with van der Waals surface area (Å²) in [7, 11) is 1.66. The Hall–Kier alpha value is -5.17. The number of hydrogen-bond acceptors (Lipinski definition) is 6. The maximum Gasteiger partial charge on any atom is 0.573 e. The topological polar surface area (TPSA) is 128 Å². The van der Waals surface area contributed by atoms with E-state index in [4.69, 9.17) is 21.1 Å². The van der Waals surface area contributed by atoms with Crippen molar-refractivity contribution >= 4 is 34.4 Å². The molecule has 1 aliphatic rings. The quantitative estimate of drug-likeness (QED) is 0.0987. The number of fused-ring (bicyclic) bond motifs is 1. The van der Waals surface area contributed by atoms with Gasteiger partial charge in [0.2, 0.25) is 0 Å². The van der Waals surface area contributed by atoms with Crippen LogP contribution in [-0.4, -0.2) is 51.3 Å². The maximum atomic E-state index is 13.6. The summed E-state index contributed by atoms with van der Waals surface area (Å²) in [5, 5.41) is 19.1. The second kappa shape index (κ2) is 14.6. The number of aromatic carboxylic acids is 1. The van der Waals surface area contributed by atoms with Gasteiger partial charge < -0.3 is 29.6 Å². The first-order chi connectivity index (χ1) is 24.3. The summed E-state index contributed by atoms with van der Waals surface area (Å²) in [4.78, 5) is 29.2. The highest BCUT2D eigenvalue weighted by Gasteiger charge is 2.31. The van der Waals surface area contributed by atoms with Crippen molar-refractivity contribution in [1.29, 1.82) is 0 Å². The summed E-state index contributed by atoms with van der Waals surface area (Å²) in [6.45, 7) is 4.54. The number of aromatic amines is 1. The van der Waals surface area contributed by atoms with E-state index in [1.165, 1.54) is 16.8 Å². The van der Waals surface area contributed by atoms with Crippen molar-refractivity contribution in [2.75, 3.05) is 13.2 Å². The van der Waals surface area contributed by atoms with Crippen LogP contribution in [0.2, 0.25) is 5.02 Å². The smallest absolute Gasteiger partial charge is 0.494 e. The largest absolute Gasteiger partial charge is 0.573 e. The van der Waals surface area contributed by atoms with E-state index in [-0.39, 0.29) is 29.7 Å². The van der Waals surface area contributed by atoms with Gasteiger partial charge in [0.25, 0.3) is 5.91 Å². The van der Waals surface area contributed by atoms with Gasteiger partial charge in [-0.3, -0.25) is 9.48 Å². The van der Waals surface area contributed by atoms with E-state index in [0.717, 1.165) is 36.1 Å². The van der Waals surface area contributed by atoms with Gasteiger partial charge in [0.15, 0.2) is 5.69 Å². The van der Waals surface area contributed by atoms with Gasteiger partial charge in [0, 0.05) is 35.1 Å². The Morgan fingerprint density at radius 1 is 1.04 bits per heavy atom. The van der Waals surface area contributed by atoms with Crippen LogP contribution in [0.5, 0.6) is 17.2 Å². The van der Waals surface area contributed by atoms with E-state index >= 15 is 0 Å². The molecule has 0 saturated heterocycles. The third kappa shape index (κ3) is 8.25. The third-order valence-corrected chi connectivity index (χ3v) is 9.33. The lowest BCUT2D eigenvalue weighted by atomic mass is 9.97. The lowest BCUT2D eigenvalue weighted by molar-refractivity contribution is -0.274. The maximum absolute atomic E-state index is 13.6. The predicted octanol–water partition coefficient (Wildman–Crippen LogP) is 8.17. The van der Waals surface area contributed by atoms with E-state index in [2.05, 4.69) is 20.1 Å². The number of alkyl halides is 3. The normalized spacial score (nSPS) is 13.0. The molecule has 10 nitrogen and oxygen atoms in total. The fraction of sp³-hybridized carbons (Fsp3) is 0.324. The highest BCUT2D eigenvalue weighted by atomic mass is 35.5. The van der Waals surface area contributed by atoms with Gasteiger partial charge in [0.1, 0.15) is 29.5 Å². The molecule has 0 spiro atoms. The van der Waals surface area contributed by atoms with Crippen LogP contribution in [0.1, 0.15) is 62.6 Å². The fourth-order valence-electron chi connectivity index (χ4n) is 6.05. The summed E-state index contributed by atoms with van der Waals surface area (Å²) in [6.07, 6.45) is -1.85. The van der Waals surface area contributed by atoms with Gasteiger partial charge in [-0.25, -0.2) is 4.79 Å². The summed E-state index contributed by atoms with van der Waals surface area (Å²) in [5.74, 6) is -0.561. The number of carboxylic acids is 1. The van der Waals surface area contributed by atoms with Crippen LogP contribution in [0.15, 0.2) is 54.6 Å². The van der Waals surface area contributed by atoms with Gasteiger partial charge in [-0.15, -0.1) is 13.2 Å². The molecule has 51 heavy (non-hydrogen) atoms. The monoisotopic (exact) mass is 724 g/mol. The summed E-state index contributed by atoms with van der Waals surface area (Å²) in [5.41, 5.74) is 4.53. The Labute approximate surface area is 296 Å². The molecule has 14 heteroatoms. The van der Waals surface area contributed by atoms with Crippen molar-refractivity contribution in [2.45, 2.75) is 52.5 Å². The molecule has 1 saturated carbocycles. The molecule has 1 amide bonds. The van der Waals surface area contributed by atoms with Gasteiger partial charge in [-0.2, -0.15) is 5.10 Å². The van der Waals surface area contributed by atoms with Crippen LogP contribution in [0.3, 0.4) is 0 Å². The number of para-hydroxylation sites is 1. The van der Waals surface area contributed by atoms with Crippen LogP contribution in [0.25, 0.3) is 22.0 Å². The Bertz CT molecular complexity index is 2060. The number of ether oxygens (including phenoxy) is 3. The molecule has 0 atom stereocenters. The number of amides is 1. The zero-order valence-electron chi connectivity index (χ0n) is 28.1. The molecule has 1 aliphatic carbocycles. The number of benzene rings is 3. The highest BCUT2D eigenvalue weighted by molar-refractivity contribution is 6.32. The van der Waals surface area contributed by atoms with E-state index in [1.807, 2.05) is 32.0 Å². The van der Waals surface area contributed by atoms with E-state index in [9.17, 15) is 27.9 Å². The molecule has 1 fully saturated rings. The number of carbonyl (C=O) groups is 2. The van der Waals surface area contributed by atoms with E-state index < -0.39 is 18.1 Å². The van der Waals surface area contributed by atoms with E-state index in [1.54, 1.807) is 19.2 Å². The van der Waals surface area contributed by atoms with Crippen molar-refractivity contribution in [3.05, 3.63) is 93.4 Å². The van der Waals surface area contributed by atoms with Crippen molar-refractivity contribution in [1.82, 2.24) is 20.1 Å². The molecule has 5 aromatic rings. The minimum Gasteiger partial charge on any atom is -0.494 e. The number of halogens is 4. The molecule has 2 aromatic heterocycles. The average Bonchev–Trinajstić information content (AvgIpc) is 3.75. The van der Waals surface area contributed by atoms with Gasteiger partial charge >= 0.3 is 12.3 Å².